The molecule has 0 saturated heterocycles. The highest BCUT2D eigenvalue weighted by atomic mass is 16.1. The highest BCUT2D eigenvalue weighted by Crippen LogP contribution is 2.17. The molecule has 1 amide bonds. The van der Waals surface area contributed by atoms with Crippen molar-refractivity contribution >= 4 is 5.91 Å². The number of aryl methyl sites for hydroxylation is 1. The molecule has 1 N–H and O–H groups in total. The molecule has 0 spiro atoms. The summed E-state index contributed by atoms with van der Waals surface area (Å²) in [7, 11) is 0. The largest absolute Gasteiger partial charge is 0.356 e. The molecular weight excluding hydrogens is 202 g/mol. The Morgan fingerprint density at radius 2 is 2.19 bits per heavy atom. The van der Waals surface area contributed by atoms with Crippen LogP contribution in [0.15, 0.2) is 18.5 Å². The third kappa shape index (κ3) is 5.53. The number of nitrogens with zero attached hydrogens (tertiary/aromatic N) is 2. The zero-order valence-corrected chi connectivity index (χ0v) is 10.4. The van der Waals surface area contributed by atoms with Crippen LogP contribution in [-0.2, 0) is 11.3 Å². The lowest BCUT2D eigenvalue weighted by atomic mass is 9.92. The summed E-state index contributed by atoms with van der Waals surface area (Å²) < 4.78 is 1.87. The number of hydrogen-bond acceptors (Lipinski definition) is 2. The number of carbonyl (C=O) groups is 1. The Balaban J connectivity index is 2.09. The second kappa shape index (κ2) is 5.68. The summed E-state index contributed by atoms with van der Waals surface area (Å²) in [6.45, 7) is 7.76. The standard InChI is InChI=1S/C12H21N3O/c1-12(2,3)10-11(16)13-6-4-8-15-9-5-7-14-15/h5,7,9H,4,6,8,10H2,1-3H3,(H,13,16). The van der Waals surface area contributed by atoms with E-state index in [0.29, 0.717) is 6.42 Å². The Kier molecular flexibility index (Phi) is 4.52. The average Bonchev–Trinajstić information content (AvgIpc) is 2.62. The number of aromatic nitrogens is 2. The van der Waals surface area contributed by atoms with Crippen LogP contribution in [0.3, 0.4) is 0 Å². The fraction of sp³-hybridized carbons (Fsp3) is 0.667. The van der Waals surface area contributed by atoms with Crippen molar-refractivity contribution in [3.05, 3.63) is 18.5 Å². The minimum atomic E-state index is 0.0616. The van der Waals surface area contributed by atoms with Crippen molar-refractivity contribution in [2.75, 3.05) is 6.54 Å². The van der Waals surface area contributed by atoms with E-state index in [-0.39, 0.29) is 11.3 Å². The molecule has 0 aromatic carbocycles. The molecule has 4 heteroatoms. The first-order valence-electron chi connectivity index (χ1n) is 5.71. The molecule has 1 heterocycles. The molecule has 4 nitrogen and oxygen atoms in total. The first-order valence-corrected chi connectivity index (χ1v) is 5.71. The minimum Gasteiger partial charge on any atom is -0.356 e. The van der Waals surface area contributed by atoms with Crippen LogP contribution in [0, 0.1) is 5.41 Å². The smallest absolute Gasteiger partial charge is 0.220 e. The maximum atomic E-state index is 11.5. The van der Waals surface area contributed by atoms with Crippen molar-refractivity contribution < 1.29 is 4.79 Å². The first kappa shape index (κ1) is 12.7. The summed E-state index contributed by atoms with van der Waals surface area (Å²) in [5.74, 6) is 0.132. The van der Waals surface area contributed by atoms with Crippen LogP contribution < -0.4 is 5.32 Å². The van der Waals surface area contributed by atoms with E-state index in [0.717, 1.165) is 19.5 Å². The Morgan fingerprint density at radius 1 is 1.44 bits per heavy atom. The van der Waals surface area contributed by atoms with E-state index in [1.54, 1.807) is 6.20 Å². The fourth-order valence-electron chi connectivity index (χ4n) is 1.45. The van der Waals surface area contributed by atoms with Gasteiger partial charge in [0.2, 0.25) is 5.91 Å². The van der Waals surface area contributed by atoms with Crippen molar-refractivity contribution in [1.29, 1.82) is 0 Å². The lowest BCUT2D eigenvalue weighted by Gasteiger charge is -2.17. The summed E-state index contributed by atoms with van der Waals surface area (Å²) in [4.78, 5) is 11.5. The molecule has 1 aromatic rings. The highest BCUT2D eigenvalue weighted by Gasteiger charge is 2.14. The lowest BCUT2D eigenvalue weighted by molar-refractivity contribution is -0.122. The van der Waals surface area contributed by atoms with Gasteiger partial charge in [0.15, 0.2) is 0 Å². The summed E-state index contributed by atoms with van der Waals surface area (Å²) in [6.07, 6.45) is 5.18. The van der Waals surface area contributed by atoms with Crippen LogP contribution in [0.4, 0.5) is 0 Å². The molecule has 0 saturated carbocycles. The average molecular weight is 223 g/mol. The molecule has 0 aliphatic rings. The monoisotopic (exact) mass is 223 g/mol. The van der Waals surface area contributed by atoms with Gasteiger partial charge in [-0.05, 0) is 17.9 Å². The van der Waals surface area contributed by atoms with E-state index in [1.165, 1.54) is 0 Å². The molecule has 16 heavy (non-hydrogen) atoms. The Morgan fingerprint density at radius 3 is 2.75 bits per heavy atom. The van der Waals surface area contributed by atoms with Gasteiger partial charge in [0.1, 0.15) is 0 Å². The lowest BCUT2D eigenvalue weighted by Crippen LogP contribution is -2.28. The Bertz CT molecular complexity index is 312. The van der Waals surface area contributed by atoms with Gasteiger partial charge in [0, 0.05) is 31.9 Å². The molecule has 1 rings (SSSR count). The van der Waals surface area contributed by atoms with Crippen LogP contribution in [-0.4, -0.2) is 22.2 Å². The van der Waals surface area contributed by atoms with Gasteiger partial charge in [-0.1, -0.05) is 20.8 Å². The van der Waals surface area contributed by atoms with E-state index < -0.39 is 0 Å². The molecule has 0 radical (unpaired) electrons. The zero-order chi connectivity index (χ0) is 12.0. The van der Waals surface area contributed by atoms with Gasteiger partial charge in [-0.2, -0.15) is 5.10 Å². The van der Waals surface area contributed by atoms with Crippen molar-refractivity contribution in [3.8, 4) is 0 Å². The highest BCUT2D eigenvalue weighted by molar-refractivity contribution is 5.76. The maximum Gasteiger partial charge on any atom is 0.220 e. The van der Waals surface area contributed by atoms with E-state index in [9.17, 15) is 4.79 Å². The molecule has 0 aliphatic heterocycles. The van der Waals surface area contributed by atoms with Gasteiger partial charge in [-0.3, -0.25) is 9.48 Å². The van der Waals surface area contributed by atoms with E-state index in [1.807, 2.05) is 16.9 Å². The Hall–Kier alpha value is -1.32. The Labute approximate surface area is 97.0 Å². The predicted octanol–water partition coefficient (Wildman–Crippen LogP) is 1.83. The van der Waals surface area contributed by atoms with Gasteiger partial charge >= 0.3 is 0 Å². The van der Waals surface area contributed by atoms with Crippen LogP contribution in [0.25, 0.3) is 0 Å². The molecule has 0 unspecified atom stereocenters. The number of amides is 1. The second-order valence-electron chi connectivity index (χ2n) is 5.21. The molecule has 0 aliphatic carbocycles. The first-order chi connectivity index (χ1) is 7.47. The molecule has 0 bridgehead atoms. The number of nitrogens with one attached hydrogen (secondary N) is 1. The van der Waals surface area contributed by atoms with Crippen molar-refractivity contribution in [2.24, 2.45) is 5.41 Å². The minimum absolute atomic E-state index is 0.0616. The van der Waals surface area contributed by atoms with Crippen molar-refractivity contribution in [2.45, 2.75) is 40.2 Å². The third-order valence-electron chi connectivity index (χ3n) is 2.14. The summed E-state index contributed by atoms with van der Waals surface area (Å²) in [6, 6.07) is 1.90. The van der Waals surface area contributed by atoms with E-state index in [2.05, 4.69) is 31.2 Å². The molecule has 0 atom stereocenters. The van der Waals surface area contributed by atoms with Crippen molar-refractivity contribution in [1.82, 2.24) is 15.1 Å². The second-order valence-corrected chi connectivity index (χ2v) is 5.21. The normalized spacial score (nSPS) is 11.4. The number of rotatable bonds is 5. The molecule has 90 valence electrons. The van der Waals surface area contributed by atoms with Crippen LogP contribution >= 0.6 is 0 Å². The van der Waals surface area contributed by atoms with E-state index >= 15 is 0 Å². The SMILES string of the molecule is CC(C)(C)CC(=O)NCCCn1cccn1. The van der Waals surface area contributed by atoms with E-state index in [4.69, 9.17) is 0 Å². The zero-order valence-electron chi connectivity index (χ0n) is 10.4. The van der Waals surface area contributed by atoms with Gasteiger partial charge in [-0.25, -0.2) is 0 Å². The van der Waals surface area contributed by atoms with Crippen LogP contribution in [0.2, 0.25) is 0 Å². The predicted molar refractivity (Wildman–Crippen MR) is 63.9 cm³/mol. The number of hydrogen-bond donors (Lipinski definition) is 1. The van der Waals surface area contributed by atoms with Crippen LogP contribution in [0.5, 0.6) is 0 Å². The van der Waals surface area contributed by atoms with Crippen LogP contribution in [0.1, 0.15) is 33.6 Å². The summed E-state index contributed by atoms with van der Waals surface area (Å²) in [5.41, 5.74) is 0.0616. The maximum absolute atomic E-state index is 11.5. The van der Waals surface area contributed by atoms with Gasteiger partial charge < -0.3 is 5.32 Å². The molecule has 0 fully saturated rings. The topological polar surface area (TPSA) is 46.9 Å². The fourth-order valence-corrected chi connectivity index (χ4v) is 1.45. The molecular formula is C12H21N3O. The number of carbonyl (C=O) groups excluding carboxylic acids is 1. The van der Waals surface area contributed by atoms with Crippen molar-refractivity contribution in [3.63, 3.8) is 0 Å². The van der Waals surface area contributed by atoms with Gasteiger partial charge in [0.25, 0.3) is 0 Å². The summed E-state index contributed by atoms with van der Waals surface area (Å²) in [5, 5.41) is 7.02. The van der Waals surface area contributed by atoms with Gasteiger partial charge in [-0.15, -0.1) is 0 Å². The summed E-state index contributed by atoms with van der Waals surface area (Å²) >= 11 is 0. The van der Waals surface area contributed by atoms with Gasteiger partial charge in [0.05, 0.1) is 0 Å². The quantitative estimate of drug-likeness (QED) is 0.774. The third-order valence-corrected chi connectivity index (χ3v) is 2.14. The molecule has 1 aromatic heterocycles.